The summed E-state index contributed by atoms with van der Waals surface area (Å²) in [6, 6.07) is 16.2. The molecule has 1 aliphatic carbocycles. The maximum absolute atomic E-state index is 13.6. The summed E-state index contributed by atoms with van der Waals surface area (Å²) in [5.74, 6) is -0.0865. The Labute approximate surface area is 198 Å². The van der Waals surface area contributed by atoms with Crippen LogP contribution in [0.25, 0.3) is 15.9 Å². The molecule has 1 amide bonds. The predicted octanol–water partition coefficient (Wildman–Crippen LogP) is 4.87. The molecule has 0 bridgehead atoms. The summed E-state index contributed by atoms with van der Waals surface area (Å²) in [5, 5.41) is 3.93. The summed E-state index contributed by atoms with van der Waals surface area (Å²) in [6.45, 7) is 1.44. The number of hydrogen-bond acceptors (Lipinski definition) is 6. The van der Waals surface area contributed by atoms with Crippen LogP contribution in [0, 0.1) is 0 Å². The summed E-state index contributed by atoms with van der Waals surface area (Å²) >= 11 is 2.87. The summed E-state index contributed by atoms with van der Waals surface area (Å²) in [5.41, 5.74) is 3.00. The van der Waals surface area contributed by atoms with Gasteiger partial charge in [-0.05, 0) is 61.2 Å². The number of thioether (sulfide) groups is 1. The number of aryl methyl sites for hydroxylation is 2. The second-order valence-electron chi connectivity index (χ2n) is 7.88. The zero-order chi connectivity index (χ0) is 22.9. The monoisotopic (exact) mass is 475 g/mol. The van der Waals surface area contributed by atoms with Crippen LogP contribution in [0.5, 0.6) is 0 Å². The third-order valence-electron chi connectivity index (χ3n) is 5.58. The highest BCUT2D eigenvalue weighted by atomic mass is 32.2. The van der Waals surface area contributed by atoms with Gasteiger partial charge in [-0.25, -0.2) is 4.98 Å². The number of ketones is 1. The molecule has 166 valence electrons. The Morgan fingerprint density at radius 1 is 1.09 bits per heavy atom. The fourth-order valence-electron chi connectivity index (χ4n) is 4.08. The fraction of sp³-hybridized carbons (Fsp3) is 0.200. The van der Waals surface area contributed by atoms with Crippen molar-refractivity contribution in [2.75, 3.05) is 11.1 Å². The van der Waals surface area contributed by atoms with E-state index in [1.165, 1.54) is 23.6 Å². The molecule has 0 atom stereocenters. The number of hydrogen-bond donors (Lipinski definition) is 1. The van der Waals surface area contributed by atoms with Crippen molar-refractivity contribution in [2.45, 2.75) is 31.3 Å². The lowest BCUT2D eigenvalue weighted by Gasteiger charge is -2.12. The molecule has 1 aliphatic rings. The molecule has 0 spiro atoms. The number of nitrogens with zero attached hydrogens (tertiary/aromatic N) is 2. The normalized spacial score (nSPS) is 12.6. The van der Waals surface area contributed by atoms with Crippen LogP contribution < -0.4 is 10.9 Å². The van der Waals surface area contributed by atoms with Crippen molar-refractivity contribution in [2.24, 2.45) is 0 Å². The molecule has 33 heavy (non-hydrogen) atoms. The minimum absolute atomic E-state index is 0.0693. The lowest BCUT2D eigenvalue weighted by molar-refractivity contribution is -0.114. The van der Waals surface area contributed by atoms with E-state index in [1.54, 1.807) is 40.2 Å². The molecular formula is C25H21N3O3S2. The fourth-order valence-corrected chi connectivity index (χ4v) is 6.29. The quantitative estimate of drug-likeness (QED) is 0.244. The molecule has 2 heterocycles. The van der Waals surface area contributed by atoms with Crippen LogP contribution in [0.2, 0.25) is 0 Å². The smallest absolute Gasteiger partial charge is 0.267 e. The van der Waals surface area contributed by atoms with Gasteiger partial charge in [-0.3, -0.25) is 19.0 Å². The molecule has 2 aromatic heterocycles. The Bertz CT molecular complexity index is 1420. The number of fused-ring (bicyclic) bond motifs is 3. The van der Waals surface area contributed by atoms with E-state index >= 15 is 0 Å². The number of rotatable bonds is 6. The van der Waals surface area contributed by atoms with Gasteiger partial charge < -0.3 is 5.32 Å². The molecule has 6 nitrogen and oxygen atoms in total. The first-order chi connectivity index (χ1) is 16.0. The van der Waals surface area contributed by atoms with Crippen LogP contribution in [0.1, 0.15) is 34.1 Å². The molecular weight excluding hydrogens is 454 g/mol. The minimum Gasteiger partial charge on any atom is -0.326 e. The van der Waals surface area contributed by atoms with Crippen molar-refractivity contribution in [1.82, 2.24) is 9.55 Å². The first-order valence-corrected chi connectivity index (χ1v) is 12.5. The van der Waals surface area contributed by atoms with E-state index in [9.17, 15) is 14.4 Å². The highest BCUT2D eigenvalue weighted by Gasteiger charge is 2.24. The molecule has 0 fully saturated rings. The van der Waals surface area contributed by atoms with Crippen molar-refractivity contribution in [3.8, 4) is 5.69 Å². The molecule has 5 rings (SSSR count). The molecule has 0 unspecified atom stereocenters. The van der Waals surface area contributed by atoms with Gasteiger partial charge in [0, 0.05) is 23.1 Å². The number of benzene rings is 2. The van der Waals surface area contributed by atoms with Crippen molar-refractivity contribution in [1.29, 1.82) is 0 Å². The van der Waals surface area contributed by atoms with E-state index in [1.807, 2.05) is 30.3 Å². The summed E-state index contributed by atoms with van der Waals surface area (Å²) < 4.78 is 1.63. The Hall–Kier alpha value is -3.23. The minimum atomic E-state index is -0.162. The second kappa shape index (κ2) is 8.96. The van der Waals surface area contributed by atoms with Gasteiger partial charge >= 0.3 is 0 Å². The van der Waals surface area contributed by atoms with Crippen LogP contribution in [-0.4, -0.2) is 27.0 Å². The van der Waals surface area contributed by atoms with Gasteiger partial charge in [-0.1, -0.05) is 30.0 Å². The third kappa shape index (κ3) is 4.24. The average Bonchev–Trinajstić information content (AvgIpc) is 3.39. The molecule has 2 aromatic carbocycles. The van der Waals surface area contributed by atoms with Gasteiger partial charge in [0.2, 0.25) is 5.91 Å². The topological polar surface area (TPSA) is 81.1 Å². The number of thiophene rings is 1. The van der Waals surface area contributed by atoms with Crippen molar-refractivity contribution >= 4 is 50.7 Å². The van der Waals surface area contributed by atoms with Gasteiger partial charge in [0.1, 0.15) is 4.83 Å². The van der Waals surface area contributed by atoms with E-state index in [-0.39, 0.29) is 23.0 Å². The highest BCUT2D eigenvalue weighted by molar-refractivity contribution is 7.99. The maximum atomic E-state index is 13.6. The molecule has 1 N–H and O–H groups in total. The average molecular weight is 476 g/mol. The van der Waals surface area contributed by atoms with Gasteiger partial charge in [0.15, 0.2) is 10.9 Å². The van der Waals surface area contributed by atoms with Crippen molar-refractivity contribution in [3.63, 3.8) is 0 Å². The van der Waals surface area contributed by atoms with Crippen LogP contribution in [0.3, 0.4) is 0 Å². The lowest BCUT2D eigenvalue weighted by atomic mass is 10.1. The summed E-state index contributed by atoms with van der Waals surface area (Å²) in [4.78, 5) is 44.5. The lowest BCUT2D eigenvalue weighted by Crippen LogP contribution is -2.22. The van der Waals surface area contributed by atoms with E-state index in [0.717, 1.165) is 40.7 Å². The maximum Gasteiger partial charge on any atom is 0.267 e. The van der Waals surface area contributed by atoms with Gasteiger partial charge in [0.05, 0.1) is 16.8 Å². The number of para-hydroxylation sites is 1. The highest BCUT2D eigenvalue weighted by Crippen LogP contribution is 2.36. The number of Topliss-reactive ketones (excluding diaryl/α,β-unsaturated/α-hetero) is 1. The van der Waals surface area contributed by atoms with Gasteiger partial charge in [-0.2, -0.15) is 0 Å². The largest absolute Gasteiger partial charge is 0.326 e. The standard InChI is InChI=1S/C25H21N3O3S2/c1-15(29)26-17-12-10-16(11-13-17)20(30)14-32-25-27-23-22(19-8-5-9-21(19)33-23)24(31)28(25)18-6-3-2-4-7-18/h2-4,6-7,10-13H,5,8-9,14H2,1H3,(H,26,29). The SMILES string of the molecule is CC(=O)Nc1ccc(C(=O)CSc2nc3sc4c(c3c(=O)n2-c2ccccc2)CCC4)cc1. The number of nitrogens with one attached hydrogen (secondary N) is 1. The number of aromatic nitrogens is 2. The Morgan fingerprint density at radius 3 is 2.58 bits per heavy atom. The van der Waals surface area contributed by atoms with Crippen LogP contribution in [0.15, 0.2) is 64.5 Å². The van der Waals surface area contributed by atoms with Crippen LogP contribution >= 0.6 is 23.1 Å². The Kier molecular flexibility index (Phi) is 5.86. The second-order valence-corrected chi connectivity index (χ2v) is 9.90. The molecule has 8 heteroatoms. The third-order valence-corrected chi connectivity index (χ3v) is 7.71. The van der Waals surface area contributed by atoms with Crippen molar-refractivity contribution in [3.05, 3.63) is 81.0 Å². The Balaban J connectivity index is 1.48. The first-order valence-electron chi connectivity index (χ1n) is 10.7. The predicted molar refractivity (Wildman–Crippen MR) is 133 cm³/mol. The molecule has 0 radical (unpaired) electrons. The van der Waals surface area contributed by atoms with E-state index in [4.69, 9.17) is 4.98 Å². The Morgan fingerprint density at radius 2 is 1.85 bits per heavy atom. The van der Waals surface area contributed by atoms with Crippen LogP contribution in [0.4, 0.5) is 5.69 Å². The van der Waals surface area contributed by atoms with Crippen LogP contribution in [-0.2, 0) is 17.6 Å². The number of anilines is 1. The molecule has 4 aromatic rings. The van der Waals surface area contributed by atoms with E-state index < -0.39 is 0 Å². The molecule has 0 aliphatic heterocycles. The van der Waals surface area contributed by atoms with Crippen molar-refractivity contribution < 1.29 is 9.59 Å². The molecule has 0 saturated carbocycles. The zero-order valence-corrected chi connectivity index (χ0v) is 19.6. The van der Waals surface area contributed by atoms with E-state index in [2.05, 4.69) is 5.32 Å². The number of carbonyl (C=O) groups excluding carboxylic acids is 2. The molecule has 0 saturated heterocycles. The first kappa shape index (κ1) is 21.6. The van der Waals surface area contributed by atoms with E-state index in [0.29, 0.717) is 16.4 Å². The van der Waals surface area contributed by atoms with Gasteiger partial charge in [-0.15, -0.1) is 11.3 Å². The number of carbonyl (C=O) groups is 2. The van der Waals surface area contributed by atoms with Gasteiger partial charge in [0.25, 0.3) is 5.56 Å². The summed E-state index contributed by atoms with van der Waals surface area (Å²) in [7, 11) is 0. The number of amides is 1. The zero-order valence-electron chi connectivity index (χ0n) is 18.0. The summed E-state index contributed by atoms with van der Waals surface area (Å²) in [6.07, 6.45) is 2.99.